The van der Waals surface area contributed by atoms with E-state index in [9.17, 15) is 0 Å². The number of rotatable bonds is 1. The van der Waals surface area contributed by atoms with Crippen molar-refractivity contribution in [2.75, 3.05) is 17.6 Å². The Morgan fingerprint density at radius 2 is 2.21 bits per heavy atom. The second-order valence-electron chi connectivity index (χ2n) is 3.25. The summed E-state index contributed by atoms with van der Waals surface area (Å²) in [6.07, 6.45) is 0. The zero-order valence-corrected chi connectivity index (χ0v) is 9.19. The van der Waals surface area contributed by atoms with E-state index >= 15 is 0 Å². The average molecular weight is 207 g/mol. The van der Waals surface area contributed by atoms with Crippen molar-refractivity contribution in [1.29, 1.82) is 0 Å². The van der Waals surface area contributed by atoms with Crippen LogP contribution in [0.3, 0.4) is 0 Å². The van der Waals surface area contributed by atoms with Gasteiger partial charge in [-0.05, 0) is 26.0 Å². The maximum Gasteiger partial charge on any atom is 0.161 e. The summed E-state index contributed by atoms with van der Waals surface area (Å²) < 4.78 is 0. The van der Waals surface area contributed by atoms with E-state index in [1.807, 2.05) is 19.9 Å². The molecule has 1 aliphatic heterocycles. The summed E-state index contributed by atoms with van der Waals surface area (Å²) in [5.74, 6) is 1.08. The molecule has 0 radical (unpaired) electrons. The molecule has 1 aliphatic rings. The van der Waals surface area contributed by atoms with E-state index in [2.05, 4.69) is 21.4 Å². The molecule has 0 saturated heterocycles. The Balaban J connectivity index is 2.16. The fraction of sp³-hybridized carbons (Fsp3) is 0.400. The van der Waals surface area contributed by atoms with Crippen LogP contribution in [0.5, 0.6) is 0 Å². The molecule has 0 amide bonds. The third kappa shape index (κ3) is 2.07. The molecule has 2 rings (SSSR count). The number of aromatic nitrogens is 1. The highest BCUT2D eigenvalue weighted by Gasteiger charge is 2.08. The highest BCUT2D eigenvalue weighted by Crippen LogP contribution is 2.18. The smallest absolute Gasteiger partial charge is 0.161 e. The van der Waals surface area contributed by atoms with Gasteiger partial charge in [-0.25, -0.2) is 0 Å². The lowest BCUT2D eigenvalue weighted by Gasteiger charge is -2.07. The van der Waals surface area contributed by atoms with Gasteiger partial charge in [-0.2, -0.15) is 0 Å². The SMILES string of the molecule is Cc1ccc(NC2=NCCS2)c(C)n1. The summed E-state index contributed by atoms with van der Waals surface area (Å²) in [6.45, 7) is 4.93. The van der Waals surface area contributed by atoms with Gasteiger partial charge in [0, 0.05) is 11.4 Å². The molecule has 0 unspecified atom stereocenters. The normalized spacial score (nSPS) is 15.4. The lowest BCUT2D eigenvalue weighted by molar-refractivity contribution is 1.12. The van der Waals surface area contributed by atoms with Gasteiger partial charge >= 0.3 is 0 Å². The molecule has 14 heavy (non-hydrogen) atoms. The predicted molar refractivity (Wildman–Crippen MR) is 62.1 cm³/mol. The zero-order valence-electron chi connectivity index (χ0n) is 8.37. The van der Waals surface area contributed by atoms with Crippen LogP contribution in [0.4, 0.5) is 5.69 Å². The van der Waals surface area contributed by atoms with Gasteiger partial charge in [0.1, 0.15) is 0 Å². The van der Waals surface area contributed by atoms with Crippen molar-refractivity contribution in [2.45, 2.75) is 13.8 Å². The molecule has 0 aromatic carbocycles. The Morgan fingerprint density at radius 3 is 2.86 bits per heavy atom. The molecule has 1 N–H and O–H groups in total. The van der Waals surface area contributed by atoms with Gasteiger partial charge in [0.05, 0.1) is 17.9 Å². The predicted octanol–water partition coefficient (Wildman–Crippen LogP) is 2.21. The molecule has 74 valence electrons. The van der Waals surface area contributed by atoms with Crippen LogP contribution in [0.2, 0.25) is 0 Å². The van der Waals surface area contributed by atoms with E-state index < -0.39 is 0 Å². The quantitative estimate of drug-likeness (QED) is 0.767. The van der Waals surface area contributed by atoms with Crippen molar-refractivity contribution >= 4 is 22.6 Å². The van der Waals surface area contributed by atoms with E-state index in [1.165, 1.54) is 0 Å². The van der Waals surface area contributed by atoms with Crippen LogP contribution >= 0.6 is 11.8 Å². The molecule has 0 saturated carbocycles. The number of aliphatic imine (C=N–C) groups is 1. The fourth-order valence-electron chi connectivity index (χ4n) is 1.34. The number of nitrogens with zero attached hydrogens (tertiary/aromatic N) is 2. The minimum atomic E-state index is 0.922. The standard InChI is InChI=1S/C10H13N3S/c1-7-3-4-9(8(2)12-7)13-10-11-5-6-14-10/h3-4H,5-6H2,1-2H3,(H,11,13). The van der Waals surface area contributed by atoms with Crippen molar-refractivity contribution in [1.82, 2.24) is 4.98 Å². The van der Waals surface area contributed by atoms with Gasteiger partial charge in [0.2, 0.25) is 0 Å². The Hall–Kier alpha value is -1.03. The number of pyridine rings is 1. The third-order valence-electron chi connectivity index (χ3n) is 2.05. The zero-order chi connectivity index (χ0) is 9.97. The molecule has 0 fully saturated rings. The molecule has 0 bridgehead atoms. The first-order chi connectivity index (χ1) is 6.75. The van der Waals surface area contributed by atoms with Crippen molar-refractivity contribution in [2.24, 2.45) is 4.99 Å². The molecule has 2 heterocycles. The maximum absolute atomic E-state index is 4.39. The number of hydrogen-bond donors (Lipinski definition) is 1. The summed E-state index contributed by atoms with van der Waals surface area (Å²) in [4.78, 5) is 8.72. The van der Waals surface area contributed by atoms with E-state index in [0.717, 1.165) is 34.5 Å². The Morgan fingerprint density at radius 1 is 1.36 bits per heavy atom. The molecule has 1 aromatic heterocycles. The fourth-order valence-corrected chi connectivity index (χ4v) is 2.09. The number of anilines is 1. The lowest BCUT2D eigenvalue weighted by atomic mass is 10.3. The molecule has 0 atom stereocenters. The molecular weight excluding hydrogens is 194 g/mol. The Kier molecular flexibility index (Phi) is 2.72. The average Bonchev–Trinajstić information content (AvgIpc) is 2.62. The molecular formula is C10H13N3S. The van der Waals surface area contributed by atoms with Crippen LogP contribution in [-0.4, -0.2) is 22.4 Å². The van der Waals surface area contributed by atoms with Gasteiger partial charge in [-0.15, -0.1) is 0 Å². The van der Waals surface area contributed by atoms with Gasteiger partial charge in [-0.3, -0.25) is 9.98 Å². The van der Waals surface area contributed by atoms with Crippen molar-refractivity contribution < 1.29 is 0 Å². The van der Waals surface area contributed by atoms with E-state index in [0.29, 0.717) is 0 Å². The highest BCUT2D eigenvalue weighted by molar-refractivity contribution is 8.14. The first-order valence-electron chi connectivity index (χ1n) is 4.64. The van der Waals surface area contributed by atoms with Crippen LogP contribution in [0, 0.1) is 13.8 Å². The van der Waals surface area contributed by atoms with Crippen molar-refractivity contribution in [3.8, 4) is 0 Å². The molecule has 0 aliphatic carbocycles. The van der Waals surface area contributed by atoms with Gasteiger partial charge < -0.3 is 5.32 Å². The number of thioether (sulfide) groups is 1. The van der Waals surface area contributed by atoms with Gasteiger partial charge in [-0.1, -0.05) is 11.8 Å². The number of nitrogens with one attached hydrogen (secondary N) is 1. The highest BCUT2D eigenvalue weighted by atomic mass is 32.2. The molecule has 1 aromatic rings. The minimum absolute atomic E-state index is 0.922. The monoisotopic (exact) mass is 207 g/mol. The van der Waals surface area contributed by atoms with Crippen LogP contribution in [0.15, 0.2) is 17.1 Å². The van der Waals surface area contributed by atoms with Crippen LogP contribution in [-0.2, 0) is 0 Å². The number of hydrogen-bond acceptors (Lipinski definition) is 4. The summed E-state index contributed by atoms with van der Waals surface area (Å²) >= 11 is 1.76. The molecule has 0 spiro atoms. The van der Waals surface area contributed by atoms with Crippen LogP contribution in [0.25, 0.3) is 0 Å². The van der Waals surface area contributed by atoms with Crippen molar-refractivity contribution in [3.05, 3.63) is 23.5 Å². The van der Waals surface area contributed by atoms with Gasteiger partial charge in [0.15, 0.2) is 5.17 Å². The summed E-state index contributed by atoms with van der Waals surface area (Å²) in [6, 6.07) is 4.06. The largest absolute Gasteiger partial charge is 0.334 e. The van der Waals surface area contributed by atoms with Crippen molar-refractivity contribution in [3.63, 3.8) is 0 Å². The first kappa shape index (κ1) is 9.52. The summed E-state index contributed by atoms with van der Waals surface area (Å²) in [5, 5.41) is 4.30. The van der Waals surface area contributed by atoms with E-state index in [1.54, 1.807) is 11.8 Å². The lowest BCUT2D eigenvalue weighted by Crippen LogP contribution is -2.07. The Labute approximate surface area is 88.0 Å². The second kappa shape index (κ2) is 4.00. The van der Waals surface area contributed by atoms with Gasteiger partial charge in [0.25, 0.3) is 0 Å². The molecule has 4 heteroatoms. The Bertz CT molecular complexity index is 374. The van der Waals surface area contributed by atoms with E-state index in [4.69, 9.17) is 0 Å². The molecule has 3 nitrogen and oxygen atoms in total. The third-order valence-corrected chi connectivity index (χ3v) is 2.94. The second-order valence-corrected chi connectivity index (χ2v) is 4.33. The van der Waals surface area contributed by atoms with E-state index in [-0.39, 0.29) is 0 Å². The number of amidine groups is 1. The van der Waals surface area contributed by atoms with Crippen LogP contribution in [0.1, 0.15) is 11.4 Å². The topological polar surface area (TPSA) is 37.3 Å². The summed E-state index contributed by atoms with van der Waals surface area (Å²) in [5.41, 5.74) is 3.14. The maximum atomic E-state index is 4.39. The minimum Gasteiger partial charge on any atom is -0.334 e. The first-order valence-corrected chi connectivity index (χ1v) is 5.63. The summed E-state index contributed by atoms with van der Waals surface area (Å²) in [7, 11) is 0. The van der Waals surface area contributed by atoms with Crippen LogP contribution < -0.4 is 5.32 Å². The number of aryl methyl sites for hydroxylation is 2.